The van der Waals surface area contributed by atoms with E-state index in [2.05, 4.69) is 31.2 Å². The van der Waals surface area contributed by atoms with Gasteiger partial charge in [0, 0.05) is 28.0 Å². The number of aromatic nitrogens is 1. The van der Waals surface area contributed by atoms with Crippen molar-refractivity contribution in [3.63, 3.8) is 0 Å². The lowest BCUT2D eigenvalue weighted by Crippen LogP contribution is -2.48. The van der Waals surface area contributed by atoms with Crippen LogP contribution in [0.4, 0.5) is 23.7 Å². The molecule has 3 rings (SSSR count). The molecule has 1 aliphatic heterocycles. The highest BCUT2D eigenvalue weighted by molar-refractivity contribution is 9.10. The smallest absolute Gasteiger partial charge is 0.391 e. The summed E-state index contributed by atoms with van der Waals surface area (Å²) >= 11 is 3.20. The number of amidine groups is 1. The Hall–Kier alpha value is -2.66. The molecule has 0 spiro atoms. The number of rotatable bonds is 4. The summed E-state index contributed by atoms with van der Waals surface area (Å²) < 4.78 is 53.2. The fourth-order valence-corrected chi connectivity index (χ4v) is 2.89. The number of carbonyl (C=O) groups excluding carboxylic acids is 1. The van der Waals surface area contributed by atoms with E-state index in [0.29, 0.717) is 4.47 Å². The fraction of sp³-hybridized carbons (Fsp3) is 0.278. The standard InChI is InChI=1S/C18H16BrF3N4O3/c1-9-15(23)26-18(8-28-9,16(21)22)12-6-11(3-4-13(12)20)25-17(27)29-14-5-2-10(19)7-24-14/h2-7,9,16H,8H2,1H3,(H2,23,26)(H,25,27)/t9-,18-/m1/s1. The zero-order chi connectivity index (χ0) is 21.2. The van der Waals surface area contributed by atoms with Crippen LogP contribution in [0.5, 0.6) is 5.88 Å². The summed E-state index contributed by atoms with van der Waals surface area (Å²) in [6.07, 6.45) is -3.27. The van der Waals surface area contributed by atoms with E-state index in [1.54, 1.807) is 13.0 Å². The van der Waals surface area contributed by atoms with E-state index in [-0.39, 0.29) is 17.4 Å². The van der Waals surface area contributed by atoms with Crippen molar-refractivity contribution >= 4 is 33.5 Å². The predicted molar refractivity (Wildman–Crippen MR) is 103 cm³/mol. The molecule has 1 aromatic carbocycles. The van der Waals surface area contributed by atoms with Crippen LogP contribution in [0.15, 0.2) is 46.0 Å². The first-order valence-corrected chi connectivity index (χ1v) is 9.16. The van der Waals surface area contributed by atoms with E-state index < -0.39 is 42.1 Å². The van der Waals surface area contributed by atoms with Gasteiger partial charge in [0.15, 0.2) is 5.54 Å². The lowest BCUT2D eigenvalue weighted by molar-refractivity contribution is -0.0340. The minimum Gasteiger partial charge on any atom is -0.391 e. The van der Waals surface area contributed by atoms with Crippen molar-refractivity contribution < 1.29 is 27.4 Å². The summed E-state index contributed by atoms with van der Waals surface area (Å²) in [7, 11) is 0. The molecule has 2 atom stereocenters. The van der Waals surface area contributed by atoms with Crippen LogP contribution < -0.4 is 15.8 Å². The molecule has 1 aromatic heterocycles. The molecule has 0 unspecified atom stereocenters. The van der Waals surface area contributed by atoms with Crippen LogP contribution in [-0.4, -0.2) is 36.0 Å². The minimum absolute atomic E-state index is 0.0177. The van der Waals surface area contributed by atoms with Gasteiger partial charge in [-0.25, -0.2) is 22.9 Å². The van der Waals surface area contributed by atoms with Gasteiger partial charge in [0.1, 0.15) is 17.8 Å². The number of carbonyl (C=O) groups is 1. The third kappa shape index (κ3) is 4.51. The van der Waals surface area contributed by atoms with Crippen molar-refractivity contribution in [2.24, 2.45) is 10.7 Å². The first kappa shape index (κ1) is 21.1. The van der Waals surface area contributed by atoms with Gasteiger partial charge in [0.2, 0.25) is 5.88 Å². The van der Waals surface area contributed by atoms with Crippen LogP contribution in [0.2, 0.25) is 0 Å². The first-order valence-electron chi connectivity index (χ1n) is 8.36. The van der Waals surface area contributed by atoms with Gasteiger partial charge in [0.25, 0.3) is 6.43 Å². The van der Waals surface area contributed by atoms with Crippen molar-refractivity contribution in [1.29, 1.82) is 0 Å². The molecule has 0 fully saturated rings. The number of amides is 1. The Morgan fingerprint density at radius 3 is 2.79 bits per heavy atom. The van der Waals surface area contributed by atoms with Gasteiger partial charge in [-0.05, 0) is 47.1 Å². The van der Waals surface area contributed by atoms with Crippen LogP contribution in [0.3, 0.4) is 0 Å². The molecule has 0 saturated heterocycles. The van der Waals surface area contributed by atoms with E-state index in [1.807, 2.05) is 0 Å². The first-order chi connectivity index (χ1) is 13.7. The maximum Gasteiger partial charge on any atom is 0.418 e. The van der Waals surface area contributed by atoms with Gasteiger partial charge >= 0.3 is 6.09 Å². The molecule has 154 valence electrons. The van der Waals surface area contributed by atoms with E-state index in [1.165, 1.54) is 18.3 Å². The van der Waals surface area contributed by atoms with E-state index in [4.69, 9.17) is 15.2 Å². The normalized spacial score (nSPS) is 21.6. The second-order valence-electron chi connectivity index (χ2n) is 6.24. The van der Waals surface area contributed by atoms with Gasteiger partial charge in [-0.1, -0.05) is 0 Å². The maximum absolute atomic E-state index is 14.4. The monoisotopic (exact) mass is 472 g/mol. The summed E-state index contributed by atoms with van der Waals surface area (Å²) in [5.41, 5.74) is 2.91. The Kier molecular flexibility index (Phi) is 6.08. The Labute approximate surface area is 172 Å². The van der Waals surface area contributed by atoms with Crippen molar-refractivity contribution in [3.8, 4) is 5.88 Å². The van der Waals surface area contributed by atoms with Crippen LogP contribution in [0.25, 0.3) is 0 Å². The van der Waals surface area contributed by atoms with E-state index in [9.17, 15) is 18.0 Å². The molecule has 0 radical (unpaired) electrons. The third-order valence-corrected chi connectivity index (χ3v) is 4.71. The van der Waals surface area contributed by atoms with Gasteiger partial charge in [-0.3, -0.25) is 10.3 Å². The average molecular weight is 473 g/mol. The summed E-state index contributed by atoms with van der Waals surface area (Å²) in [5.74, 6) is -1.09. The Morgan fingerprint density at radius 2 is 2.17 bits per heavy atom. The Bertz CT molecular complexity index is 942. The molecule has 1 amide bonds. The summed E-state index contributed by atoms with van der Waals surface area (Å²) in [6.45, 7) is 0.981. The molecule has 0 bridgehead atoms. The number of halogens is 4. The molecule has 0 aliphatic carbocycles. The molecule has 7 nitrogen and oxygen atoms in total. The van der Waals surface area contributed by atoms with Crippen molar-refractivity contribution in [2.45, 2.75) is 25.0 Å². The third-order valence-electron chi connectivity index (χ3n) is 4.24. The molecular formula is C18H16BrF3N4O3. The molecule has 2 aromatic rings. The number of nitrogens with two attached hydrogens (primary N) is 1. The number of nitrogens with one attached hydrogen (secondary N) is 1. The molecule has 2 heterocycles. The highest BCUT2D eigenvalue weighted by Gasteiger charge is 2.47. The largest absolute Gasteiger partial charge is 0.418 e. The van der Waals surface area contributed by atoms with Crippen molar-refractivity contribution in [2.75, 3.05) is 11.9 Å². The lowest BCUT2D eigenvalue weighted by atomic mass is 9.89. The van der Waals surface area contributed by atoms with Gasteiger partial charge in [-0.15, -0.1) is 0 Å². The highest BCUT2D eigenvalue weighted by atomic mass is 79.9. The predicted octanol–water partition coefficient (Wildman–Crippen LogP) is 3.83. The zero-order valence-corrected chi connectivity index (χ0v) is 16.6. The van der Waals surface area contributed by atoms with Gasteiger partial charge < -0.3 is 15.2 Å². The topological polar surface area (TPSA) is 98.8 Å². The SMILES string of the molecule is C[C@H]1OC[C@@](c2cc(NC(=O)Oc3ccc(Br)cn3)ccc2F)(C(F)F)N=C1N. The number of benzene rings is 1. The zero-order valence-electron chi connectivity index (χ0n) is 15.0. The number of alkyl halides is 2. The molecular weight excluding hydrogens is 457 g/mol. The molecule has 1 aliphatic rings. The number of aliphatic imine (C=N–C) groups is 1. The molecule has 11 heteroatoms. The van der Waals surface area contributed by atoms with Gasteiger partial charge in [-0.2, -0.15) is 0 Å². The summed E-state index contributed by atoms with van der Waals surface area (Å²) in [6, 6.07) is 6.26. The van der Waals surface area contributed by atoms with Crippen LogP contribution in [-0.2, 0) is 10.3 Å². The minimum atomic E-state index is -3.10. The fourth-order valence-electron chi connectivity index (χ4n) is 2.65. The number of hydrogen-bond donors (Lipinski definition) is 2. The number of ether oxygens (including phenoxy) is 2. The summed E-state index contributed by atoms with van der Waals surface area (Å²) in [5, 5.41) is 2.34. The van der Waals surface area contributed by atoms with Crippen LogP contribution >= 0.6 is 15.9 Å². The quantitative estimate of drug-likeness (QED) is 0.704. The Balaban J connectivity index is 1.87. The average Bonchev–Trinajstić information content (AvgIpc) is 2.67. The van der Waals surface area contributed by atoms with E-state index >= 15 is 0 Å². The van der Waals surface area contributed by atoms with Crippen LogP contribution in [0.1, 0.15) is 12.5 Å². The Morgan fingerprint density at radius 1 is 1.41 bits per heavy atom. The number of nitrogens with zero attached hydrogens (tertiary/aromatic N) is 2. The molecule has 0 saturated carbocycles. The molecule has 3 N–H and O–H groups in total. The highest BCUT2D eigenvalue weighted by Crippen LogP contribution is 2.38. The van der Waals surface area contributed by atoms with Gasteiger partial charge in [0.05, 0.1) is 6.61 Å². The second-order valence-corrected chi connectivity index (χ2v) is 7.15. The van der Waals surface area contributed by atoms with Crippen molar-refractivity contribution in [3.05, 3.63) is 52.4 Å². The lowest BCUT2D eigenvalue weighted by Gasteiger charge is -2.35. The number of pyridine rings is 1. The molecule has 29 heavy (non-hydrogen) atoms. The van der Waals surface area contributed by atoms with Crippen LogP contribution in [0, 0.1) is 5.82 Å². The number of hydrogen-bond acceptors (Lipinski definition) is 6. The number of anilines is 1. The summed E-state index contributed by atoms with van der Waals surface area (Å²) in [4.78, 5) is 19.8. The second kappa shape index (κ2) is 8.37. The van der Waals surface area contributed by atoms with E-state index in [0.717, 1.165) is 12.1 Å². The van der Waals surface area contributed by atoms with Crippen molar-refractivity contribution in [1.82, 2.24) is 4.98 Å². The maximum atomic E-state index is 14.4.